The molecule has 13 heteroatoms. The second-order valence-electron chi connectivity index (χ2n) is 6.44. The van der Waals surface area contributed by atoms with Crippen LogP contribution in [0.4, 0.5) is 0 Å². The van der Waals surface area contributed by atoms with E-state index in [-0.39, 0.29) is 59.9 Å². The SMILES string of the molecule is CN=c1scc(CC(=O)NC2C(=O)N3C(C(=O)[O-])=C(COC(C)=O)CSC23)n1C.[Na+]. The van der Waals surface area contributed by atoms with E-state index in [4.69, 9.17) is 4.74 Å². The number of hydrogen-bond donors (Lipinski definition) is 1. The van der Waals surface area contributed by atoms with Crippen molar-refractivity contribution < 1.29 is 58.6 Å². The van der Waals surface area contributed by atoms with Crippen molar-refractivity contribution in [2.24, 2.45) is 12.0 Å². The summed E-state index contributed by atoms with van der Waals surface area (Å²) in [6.45, 7) is 0.988. The van der Waals surface area contributed by atoms with Crippen molar-refractivity contribution in [3.8, 4) is 0 Å². The van der Waals surface area contributed by atoms with Gasteiger partial charge in [-0.15, -0.1) is 23.1 Å². The van der Waals surface area contributed by atoms with E-state index in [1.54, 1.807) is 18.7 Å². The first kappa shape index (κ1) is 24.7. The number of carboxylic acid groups (broad SMARTS) is 1. The van der Waals surface area contributed by atoms with Gasteiger partial charge in [0, 0.05) is 43.4 Å². The van der Waals surface area contributed by atoms with Gasteiger partial charge in [0.1, 0.15) is 18.0 Å². The number of hydrogen-bond acceptors (Lipinski definition) is 9. The third-order valence-electron chi connectivity index (χ3n) is 4.56. The molecule has 2 amide bonds. The minimum Gasteiger partial charge on any atom is -0.543 e. The van der Waals surface area contributed by atoms with Crippen LogP contribution in [0.3, 0.4) is 0 Å². The predicted octanol–water partition coefficient (Wildman–Crippen LogP) is -4.87. The number of amides is 2. The largest absolute Gasteiger partial charge is 1.00 e. The summed E-state index contributed by atoms with van der Waals surface area (Å²) in [6, 6.07) is -0.823. The molecule has 156 valence electrons. The van der Waals surface area contributed by atoms with Crippen LogP contribution in [-0.2, 0) is 37.4 Å². The Bertz CT molecular complexity index is 985. The van der Waals surface area contributed by atoms with Gasteiger partial charge < -0.3 is 24.5 Å². The molecule has 1 aromatic heterocycles. The summed E-state index contributed by atoms with van der Waals surface area (Å²) in [5, 5.41) is 15.5. The van der Waals surface area contributed by atoms with Crippen LogP contribution in [0.25, 0.3) is 0 Å². The van der Waals surface area contributed by atoms with Crippen molar-refractivity contribution in [3.05, 3.63) is 27.1 Å². The molecule has 3 rings (SSSR count). The number of aliphatic carboxylic acids is 1. The summed E-state index contributed by atoms with van der Waals surface area (Å²) in [7, 11) is 3.46. The molecule has 0 spiro atoms. The van der Waals surface area contributed by atoms with E-state index in [1.807, 2.05) is 5.38 Å². The number of nitrogens with one attached hydrogen (secondary N) is 1. The van der Waals surface area contributed by atoms with Crippen LogP contribution in [0.15, 0.2) is 21.6 Å². The number of carboxylic acids is 1. The number of thioether (sulfide) groups is 1. The van der Waals surface area contributed by atoms with E-state index in [9.17, 15) is 24.3 Å². The summed E-state index contributed by atoms with van der Waals surface area (Å²) in [5.41, 5.74) is 0.761. The van der Waals surface area contributed by atoms with Crippen molar-refractivity contribution in [1.82, 2.24) is 14.8 Å². The van der Waals surface area contributed by atoms with Gasteiger partial charge in [-0.3, -0.25) is 24.3 Å². The number of ether oxygens (including phenoxy) is 1. The molecule has 10 nitrogen and oxygen atoms in total. The molecule has 2 atom stereocenters. The van der Waals surface area contributed by atoms with Gasteiger partial charge in [0.05, 0.1) is 18.1 Å². The Morgan fingerprint density at radius 3 is 2.67 bits per heavy atom. The number of thiazole rings is 1. The Morgan fingerprint density at radius 2 is 2.10 bits per heavy atom. The third-order valence-corrected chi connectivity index (χ3v) is 6.95. The third kappa shape index (κ3) is 4.83. The summed E-state index contributed by atoms with van der Waals surface area (Å²) in [5.74, 6) is -2.70. The van der Waals surface area contributed by atoms with Crippen LogP contribution < -0.4 is 44.8 Å². The average Bonchev–Trinajstić information content (AvgIpc) is 3.02. The summed E-state index contributed by atoms with van der Waals surface area (Å²) >= 11 is 2.71. The quantitative estimate of drug-likeness (QED) is 0.255. The fraction of sp³-hybridized carbons (Fsp3) is 0.471. The van der Waals surface area contributed by atoms with Crippen LogP contribution >= 0.6 is 23.1 Å². The van der Waals surface area contributed by atoms with Crippen LogP contribution in [0.1, 0.15) is 12.6 Å². The molecule has 0 aliphatic carbocycles. The van der Waals surface area contributed by atoms with Gasteiger partial charge >= 0.3 is 35.5 Å². The summed E-state index contributed by atoms with van der Waals surface area (Å²) in [4.78, 5) is 53.5. The van der Waals surface area contributed by atoms with Crippen LogP contribution in [-0.4, -0.2) is 64.0 Å². The van der Waals surface area contributed by atoms with Gasteiger partial charge in [-0.05, 0) is 0 Å². The molecule has 1 saturated heterocycles. The Morgan fingerprint density at radius 1 is 1.40 bits per heavy atom. The average molecular weight is 462 g/mol. The molecule has 1 fully saturated rings. The van der Waals surface area contributed by atoms with E-state index < -0.39 is 29.3 Å². The molecule has 0 saturated carbocycles. The van der Waals surface area contributed by atoms with Gasteiger partial charge in [0.2, 0.25) is 5.91 Å². The molecule has 0 radical (unpaired) electrons. The number of esters is 1. The molecule has 3 heterocycles. The zero-order chi connectivity index (χ0) is 21.3. The molecule has 0 bridgehead atoms. The van der Waals surface area contributed by atoms with E-state index in [1.165, 1.54) is 30.0 Å². The maximum Gasteiger partial charge on any atom is 1.00 e. The topological polar surface area (TPSA) is 133 Å². The number of rotatable bonds is 6. The van der Waals surface area contributed by atoms with Crippen LogP contribution in [0.2, 0.25) is 0 Å². The van der Waals surface area contributed by atoms with E-state index in [2.05, 4.69) is 10.3 Å². The number of nitrogens with zero attached hydrogens (tertiary/aromatic N) is 3. The number of carbonyl (C=O) groups is 4. The van der Waals surface area contributed by atoms with Crippen LogP contribution in [0.5, 0.6) is 0 Å². The first-order chi connectivity index (χ1) is 13.7. The fourth-order valence-corrected chi connectivity index (χ4v) is 5.32. The second kappa shape index (κ2) is 10.1. The smallest absolute Gasteiger partial charge is 0.543 e. The number of aromatic nitrogens is 1. The minimum absolute atomic E-state index is 0. The molecule has 2 unspecified atom stereocenters. The zero-order valence-corrected chi connectivity index (χ0v) is 20.6. The van der Waals surface area contributed by atoms with Crippen molar-refractivity contribution >= 4 is 46.9 Å². The first-order valence-corrected chi connectivity index (χ1v) is 10.5. The molecule has 1 N–H and O–H groups in total. The summed E-state index contributed by atoms with van der Waals surface area (Å²) < 4.78 is 6.67. The van der Waals surface area contributed by atoms with E-state index >= 15 is 0 Å². The molecular weight excluding hydrogens is 443 g/mol. The normalized spacial score (nSPS) is 20.8. The Labute approximate surface area is 202 Å². The maximum absolute atomic E-state index is 12.5. The first-order valence-electron chi connectivity index (χ1n) is 8.61. The van der Waals surface area contributed by atoms with E-state index in [0.717, 1.165) is 15.4 Å². The molecule has 0 aromatic carbocycles. The van der Waals surface area contributed by atoms with Gasteiger partial charge in [0.15, 0.2) is 4.80 Å². The van der Waals surface area contributed by atoms with Gasteiger partial charge in [-0.1, -0.05) is 0 Å². The number of carbonyl (C=O) groups excluding carboxylic acids is 4. The zero-order valence-electron chi connectivity index (χ0n) is 17.0. The molecule has 2 aliphatic heterocycles. The van der Waals surface area contributed by atoms with Crippen LogP contribution in [0, 0.1) is 0 Å². The standard InChI is InChI=1S/C17H20N4O6S2.Na/c1-8(22)27-5-9-6-28-15-12(14(24)21(15)13(9)16(25)26)19-11(23)4-10-7-29-17(18-2)20(10)3;/h7,12,15H,4-6H2,1-3H3,(H,19,23)(H,25,26);/q;+1/p-1. The maximum atomic E-state index is 12.5. The molecule has 1 aromatic rings. The number of fused-ring (bicyclic) bond motifs is 1. The van der Waals surface area contributed by atoms with Crippen molar-refractivity contribution in [3.63, 3.8) is 0 Å². The minimum atomic E-state index is -1.52. The Kier molecular flexibility index (Phi) is 8.34. The monoisotopic (exact) mass is 462 g/mol. The Hall–Kier alpha value is -1.60. The number of β-lactam (4-membered cyclic amide) rings is 1. The van der Waals surface area contributed by atoms with E-state index in [0.29, 0.717) is 5.57 Å². The van der Waals surface area contributed by atoms with Crippen molar-refractivity contribution in [1.29, 1.82) is 0 Å². The van der Waals surface area contributed by atoms with Gasteiger partial charge in [-0.25, -0.2) is 0 Å². The van der Waals surface area contributed by atoms with Crippen molar-refractivity contribution in [2.45, 2.75) is 24.8 Å². The van der Waals surface area contributed by atoms with Gasteiger partial charge in [-0.2, -0.15) is 0 Å². The summed E-state index contributed by atoms with van der Waals surface area (Å²) in [6.07, 6.45) is 0.0740. The molecule has 30 heavy (non-hydrogen) atoms. The predicted molar refractivity (Wildman–Crippen MR) is 102 cm³/mol. The molecular formula is C17H19N4NaO6S2. The fourth-order valence-electron chi connectivity index (χ4n) is 3.13. The second-order valence-corrected chi connectivity index (χ2v) is 8.39. The van der Waals surface area contributed by atoms with Gasteiger partial charge in [0.25, 0.3) is 5.91 Å². The molecule has 2 aliphatic rings. The van der Waals surface area contributed by atoms with Crippen molar-refractivity contribution in [2.75, 3.05) is 19.4 Å². The Balaban J connectivity index is 0.00000320.